The first kappa shape index (κ1) is 29.7. The minimum absolute atomic E-state index is 0.0350. The number of amidine groups is 1. The summed E-state index contributed by atoms with van der Waals surface area (Å²) in [6.45, 7) is 13.1. The predicted octanol–water partition coefficient (Wildman–Crippen LogP) is 5.52. The second kappa shape index (κ2) is 12.6. The van der Waals surface area contributed by atoms with Gasteiger partial charge in [0.15, 0.2) is 0 Å². The van der Waals surface area contributed by atoms with Crippen molar-refractivity contribution < 1.29 is 4.79 Å². The van der Waals surface area contributed by atoms with Crippen molar-refractivity contribution in [3.8, 4) is 0 Å². The third-order valence-corrected chi connectivity index (χ3v) is 7.36. The molecule has 1 saturated carbocycles. The van der Waals surface area contributed by atoms with Crippen LogP contribution in [0.15, 0.2) is 47.5 Å². The zero-order valence-electron chi connectivity index (χ0n) is 22.7. The molecular formula is C29H44ClN5O. The first-order chi connectivity index (χ1) is 16.7. The van der Waals surface area contributed by atoms with Crippen molar-refractivity contribution in [1.82, 2.24) is 5.32 Å². The molecule has 0 aromatic heterocycles. The smallest absolute Gasteiger partial charge is 0.244 e. The summed E-state index contributed by atoms with van der Waals surface area (Å²) in [6, 6.07) is 12.6. The van der Waals surface area contributed by atoms with Crippen molar-refractivity contribution in [2.75, 3.05) is 5.73 Å². The normalized spacial score (nSPS) is 17.1. The van der Waals surface area contributed by atoms with E-state index in [2.05, 4.69) is 38.0 Å². The summed E-state index contributed by atoms with van der Waals surface area (Å²) in [7, 11) is 0. The highest BCUT2D eigenvalue weighted by atomic mass is 35.5. The van der Waals surface area contributed by atoms with Crippen molar-refractivity contribution in [2.24, 2.45) is 27.3 Å². The quantitative estimate of drug-likeness (QED) is 0.231. The summed E-state index contributed by atoms with van der Waals surface area (Å²) >= 11 is 6.05. The first-order valence-corrected chi connectivity index (χ1v) is 13.0. The molecule has 0 heterocycles. The van der Waals surface area contributed by atoms with Crippen LogP contribution in [0.4, 0.5) is 5.69 Å². The Balaban J connectivity index is 0.000000482. The highest BCUT2D eigenvalue weighted by Gasteiger charge is 2.44. The van der Waals surface area contributed by atoms with Gasteiger partial charge in [0, 0.05) is 16.8 Å². The molecular weight excluding hydrogens is 470 g/mol. The number of nitrogens with zero attached hydrogens (tertiary/aromatic N) is 1. The fraction of sp³-hybridized carbons (Fsp3) is 0.517. The molecule has 2 unspecified atom stereocenters. The van der Waals surface area contributed by atoms with Gasteiger partial charge in [-0.25, -0.2) is 0 Å². The third kappa shape index (κ3) is 8.52. The second-order valence-corrected chi connectivity index (χ2v) is 11.8. The molecule has 1 aliphatic rings. The number of aliphatic imine (C=N–C) groups is 1. The van der Waals surface area contributed by atoms with Crippen LogP contribution in [-0.2, 0) is 11.3 Å². The van der Waals surface area contributed by atoms with Crippen molar-refractivity contribution in [3.05, 3.63) is 64.2 Å². The maximum Gasteiger partial charge on any atom is 0.244 e. The molecule has 7 N–H and O–H groups in total. The summed E-state index contributed by atoms with van der Waals surface area (Å²) in [5.74, 6) is -0.115. The van der Waals surface area contributed by atoms with E-state index in [1.54, 1.807) is 0 Å². The van der Waals surface area contributed by atoms with Gasteiger partial charge in [0.25, 0.3) is 0 Å². The topological polar surface area (TPSA) is 120 Å². The molecule has 1 amide bonds. The summed E-state index contributed by atoms with van der Waals surface area (Å²) in [5, 5.41) is 3.91. The molecule has 0 radical (unpaired) electrons. The van der Waals surface area contributed by atoms with Gasteiger partial charge in [0.2, 0.25) is 5.91 Å². The number of rotatable bonds is 6. The number of nitrogen functional groups attached to an aromatic ring is 1. The summed E-state index contributed by atoms with van der Waals surface area (Å²) < 4.78 is 0. The van der Waals surface area contributed by atoms with E-state index in [1.807, 2.05) is 56.3 Å². The maximum absolute atomic E-state index is 12.8. The van der Waals surface area contributed by atoms with Crippen LogP contribution in [0.5, 0.6) is 0 Å². The second-order valence-electron chi connectivity index (χ2n) is 11.4. The van der Waals surface area contributed by atoms with E-state index >= 15 is 0 Å². The number of anilines is 1. The fourth-order valence-corrected chi connectivity index (χ4v) is 5.04. The van der Waals surface area contributed by atoms with Crippen LogP contribution < -0.4 is 22.5 Å². The number of nitrogens with one attached hydrogen (secondary N) is 1. The summed E-state index contributed by atoms with van der Waals surface area (Å²) in [4.78, 5) is 17.2. The first-order valence-electron chi connectivity index (χ1n) is 12.7. The number of halogens is 1. The Bertz CT molecular complexity index is 1020. The highest BCUT2D eigenvalue weighted by Crippen LogP contribution is 2.46. The van der Waals surface area contributed by atoms with E-state index in [4.69, 9.17) is 28.8 Å². The van der Waals surface area contributed by atoms with Crippen LogP contribution in [0.25, 0.3) is 0 Å². The van der Waals surface area contributed by atoms with Crippen molar-refractivity contribution in [3.63, 3.8) is 0 Å². The molecule has 2 aromatic carbocycles. The average Bonchev–Trinajstić information content (AvgIpc) is 3.26. The lowest BCUT2D eigenvalue weighted by Crippen LogP contribution is -2.58. The molecule has 0 bridgehead atoms. The van der Waals surface area contributed by atoms with Crippen molar-refractivity contribution in [2.45, 2.75) is 85.9 Å². The molecule has 3 rings (SSSR count). The van der Waals surface area contributed by atoms with Gasteiger partial charge >= 0.3 is 0 Å². The molecule has 0 spiro atoms. The SMILES string of the molecule is Cc1cc(CN=C(N)C(N)C(=O)NC(C(C)(C)C)C2(C)CCCC2)ccc1Cl.Cc1ccc(N)cc1. The predicted molar refractivity (Wildman–Crippen MR) is 153 cm³/mol. The van der Waals surface area contributed by atoms with E-state index in [0.717, 1.165) is 29.7 Å². The molecule has 36 heavy (non-hydrogen) atoms. The van der Waals surface area contributed by atoms with Crippen LogP contribution >= 0.6 is 11.6 Å². The van der Waals surface area contributed by atoms with Gasteiger partial charge in [-0.2, -0.15) is 0 Å². The number of amides is 1. The Morgan fingerprint density at radius 2 is 1.69 bits per heavy atom. The minimum Gasteiger partial charge on any atom is -0.399 e. The van der Waals surface area contributed by atoms with E-state index in [-0.39, 0.29) is 28.6 Å². The van der Waals surface area contributed by atoms with Crippen LogP contribution in [0.3, 0.4) is 0 Å². The molecule has 1 aliphatic carbocycles. The molecule has 2 atom stereocenters. The lowest BCUT2D eigenvalue weighted by molar-refractivity contribution is -0.123. The van der Waals surface area contributed by atoms with Gasteiger partial charge in [-0.1, -0.05) is 82.0 Å². The Labute approximate surface area is 222 Å². The lowest BCUT2D eigenvalue weighted by Gasteiger charge is -2.43. The molecule has 6 nitrogen and oxygen atoms in total. The van der Waals surface area contributed by atoms with Crippen LogP contribution in [0.2, 0.25) is 5.02 Å². The number of carbonyl (C=O) groups is 1. The third-order valence-electron chi connectivity index (χ3n) is 6.94. The monoisotopic (exact) mass is 513 g/mol. The molecule has 198 valence electrons. The number of hydrogen-bond acceptors (Lipinski definition) is 4. The molecule has 2 aromatic rings. The maximum atomic E-state index is 12.8. The largest absolute Gasteiger partial charge is 0.399 e. The van der Waals surface area contributed by atoms with Crippen LogP contribution in [-0.4, -0.2) is 23.8 Å². The lowest BCUT2D eigenvalue weighted by atomic mass is 9.68. The summed E-state index contributed by atoms with van der Waals surface area (Å²) in [5.41, 5.74) is 21.6. The molecule has 1 fully saturated rings. The number of benzene rings is 2. The van der Waals surface area contributed by atoms with E-state index in [9.17, 15) is 4.79 Å². The van der Waals surface area contributed by atoms with Crippen molar-refractivity contribution >= 4 is 29.0 Å². The van der Waals surface area contributed by atoms with E-state index in [0.29, 0.717) is 11.6 Å². The zero-order valence-corrected chi connectivity index (χ0v) is 23.5. The fourth-order valence-electron chi connectivity index (χ4n) is 4.93. The summed E-state index contributed by atoms with van der Waals surface area (Å²) in [6.07, 6.45) is 4.64. The number of nitrogens with two attached hydrogens (primary N) is 3. The average molecular weight is 514 g/mol. The van der Waals surface area contributed by atoms with Gasteiger partial charge in [0.1, 0.15) is 11.9 Å². The molecule has 7 heteroatoms. The Morgan fingerprint density at radius 1 is 1.11 bits per heavy atom. The Kier molecular flexibility index (Phi) is 10.4. The van der Waals surface area contributed by atoms with Gasteiger partial charge in [0.05, 0.1) is 6.54 Å². The minimum atomic E-state index is -0.955. The molecule has 0 aliphatic heterocycles. The van der Waals surface area contributed by atoms with Gasteiger partial charge in [-0.15, -0.1) is 0 Å². The number of aryl methyl sites for hydroxylation is 2. The standard InChI is InChI=1S/C22H35ClN4O.C7H9N/c1-14-12-15(8-9-16(14)23)13-26-18(25)17(24)19(28)27-20(21(2,3)4)22(5)10-6-7-11-22;1-6-2-4-7(8)5-3-6/h8-9,12,17,20H,6-7,10-11,13,24H2,1-5H3,(H2,25,26)(H,27,28);2-5H,8H2,1H3. The van der Waals surface area contributed by atoms with Crippen LogP contribution in [0, 0.1) is 24.7 Å². The van der Waals surface area contributed by atoms with E-state index in [1.165, 1.54) is 18.4 Å². The number of hydrogen-bond donors (Lipinski definition) is 4. The van der Waals surface area contributed by atoms with Crippen LogP contribution in [0.1, 0.15) is 70.1 Å². The van der Waals surface area contributed by atoms with Crippen molar-refractivity contribution in [1.29, 1.82) is 0 Å². The highest BCUT2D eigenvalue weighted by molar-refractivity contribution is 6.31. The van der Waals surface area contributed by atoms with Gasteiger partial charge in [-0.3, -0.25) is 9.79 Å². The van der Waals surface area contributed by atoms with Gasteiger partial charge in [-0.05, 0) is 66.8 Å². The van der Waals surface area contributed by atoms with Gasteiger partial charge < -0.3 is 22.5 Å². The van der Waals surface area contributed by atoms with E-state index < -0.39 is 6.04 Å². The molecule has 0 saturated heterocycles. The Morgan fingerprint density at radius 3 is 2.19 bits per heavy atom. The number of carbonyl (C=O) groups excluding carboxylic acids is 1. The zero-order chi connectivity index (χ0) is 27.1. The Hall–Kier alpha value is -2.57.